The van der Waals surface area contributed by atoms with Crippen LogP contribution in [0.15, 0.2) is 0 Å². The average molecular weight is 200 g/mol. The molecule has 0 radical (unpaired) electrons. The first-order chi connectivity index (χ1) is 6.46. The van der Waals surface area contributed by atoms with Gasteiger partial charge in [-0.2, -0.15) is 0 Å². The molecule has 0 spiro atoms. The first-order valence-corrected chi connectivity index (χ1v) is 5.24. The van der Waals surface area contributed by atoms with Crippen molar-refractivity contribution in [1.82, 2.24) is 0 Å². The first-order valence-electron chi connectivity index (χ1n) is 5.24. The fourth-order valence-corrected chi connectivity index (χ4v) is 1.87. The highest BCUT2D eigenvalue weighted by Crippen LogP contribution is 2.39. The Kier molecular flexibility index (Phi) is 3.53. The van der Waals surface area contributed by atoms with Gasteiger partial charge in [-0.05, 0) is 45.4 Å². The van der Waals surface area contributed by atoms with Crippen molar-refractivity contribution < 1.29 is 14.6 Å². The van der Waals surface area contributed by atoms with Crippen molar-refractivity contribution in [3.05, 3.63) is 0 Å². The zero-order chi connectivity index (χ0) is 10.8. The Labute approximate surface area is 85.5 Å². The maximum atomic E-state index is 10.8. The van der Waals surface area contributed by atoms with E-state index in [2.05, 4.69) is 0 Å². The molecule has 1 rings (SSSR count). The van der Waals surface area contributed by atoms with E-state index in [1.165, 1.54) is 0 Å². The summed E-state index contributed by atoms with van der Waals surface area (Å²) in [4.78, 5) is 10.8. The van der Waals surface area contributed by atoms with E-state index in [-0.39, 0.29) is 11.5 Å². The van der Waals surface area contributed by atoms with Crippen molar-refractivity contribution in [3.8, 4) is 0 Å². The third-order valence-corrected chi connectivity index (χ3v) is 3.40. The van der Waals surface area contributed by atoms with E-state index in [1.807, 2.05) is 13.8 Å². The zero-order valence-corrected chi connectivity index (χ0v) is 9.25. The Morgan fingerprint density at radius 2 is 2.14 bits per heavy atom. The molecular formula is C11H20O3. The molecule has 14 heavy (non-hydrogen) atoms. The second-order valence-electron chi connectivity index (χ2n) is 4.78. The molecule has 0 aromatic carbocycles. The highest BCUT2D eigenvalue weighted by atomic mass is 16.5. The lowest BCUT2D eigenvalue weighted by molar-refractivity contribution is -0.148. The highest BCUT2D eigenvalue weighted by Gasteiger charge is 2.36. The molecule has 1 saturated carbocycles. The van der Waals surface area contributed by atoms with Crippen LogP contribution in [0.4, 0.5) is 0 Å². The van der Waals surface area contributed by atoms with Crippen LogP contribution in [-0.4, -0.2) is 23.8 Å². The Morgan fingerprint density at radius 1 is 1.50 bits per heavy atom. The normalized spacial score (nSPS) is 27.1. The van der Waals surface area contributed by atoms with Crippen LogP contribution in [0.3, 0.4) is 0 Å². The van der Waals surface area contributed by atoms with Crippen molar-refractivity contribution in [2.45, 2.75) is 45.1 Å². The number of carbonyl (C=O) groups is 1. The van der Waals surface area contributed by atoms with Crippen molar-refractivity contribution in [2.24, 2.45) is 11.8 Å². The van der Waals surface area contributed by atoms with E-state index < -0.39 is 5.97 Å². The number of rotatable bonds is 5. The van der Waals surface area contributed by atoms with Gasteiger partial charge in [-0.25, -0.2) is 0 Å². The Bertz CT molecular complexity index is 211. The summed E-state index contributed by atoms with van der Waals surface area (Å²) in [6.45, 7) is 4.09. The SMILES string of the molecule is COC(C)(C)CCC1CCC1C(=O)O. The van der Waals surface area contributed by atoms with Gasteiger partial charge in [0.05, 0.1) is 11.5 Å². The number of ether oxygens (including phenoxy) is 1. The fraction of sp³-hybridized carbons (Fsp3) is 0.909. The van der Waals surface area contributed by atoms with Crippen LogP contribution in [0.2, 0.25) is 0 Å². The van der Waals surface area contributed by atoms with Crippen LogP contribution in [0.5, 0.6) is 0 Å². The van der Waals surface area contributed by atoms with Gasteiger partial charge >= 0.3 is 5.97 Å². The molecule has 1 N–H and O–H groups in total. The molecule has 0 heterocycles. The lowest BCUT2D eigenvalue weighted by Crippen LogP contribution is -2.34. The second kappa shape index (κ2) is 4.30. The van der Waals surface area contributed by atoms with Crippen molar-refractivity contribution >= 4 is 5.97 Å². The standard InChI is InChI=1S/C11H20O3/c1-11(2,14-3)7-6-8-4-5-9(8)10(12)13/h8-9H,4-7H2,1-3H3,(H,12,13). The van der Waals surface area contributed by atoms with Gasteiger partial charge in [0.1, 0.15) is 0 Å². The van der Waals surface area contributed by atoms with E-state index in [0.717, 1.165) is 25.7 Å². The van der Waals surface area contributed by atoms with Crippen molar-refractivity contribution in [1.29, 1.82) is 0 Å². The van der Waals surface area contributed by atoms with Crippen LogP contribution >= 0.6 is 0 Å². The molecule has 0 aliphatic heterocycles. The molecule has 1 aliphatic carbocycles. The first kappa shape index (κ1) is 11.5. The van der Waals surface area contributed by atoms with Crippen molar-refractivity contribution in [2.75, 3.05) is 7.11 Å². The summed E-state index contributed by atoms with van der Waals surface area (Å²) in [5, 5.41) is 8.86. The van der Waals surface area contributed by atoms with Gasteiger partial charge in [-0.3, -0.25) is 4.79 Å². The molecule has 3 nitrogen and oxygen atoms in total. The minimum absolute atomic E-state index is 0.0948. The Balaban J connectivity index is 2.29. The summed E-state index contributed by atoms with van der Waals surface area (Å²) >= 11 is 0. The van der Waals surface area contributed by atoms with E-state index in [4.69, 9.17) is 9.84 Å². The number of carboxylic acids is 1. The van der Waals surface area contributed by atoms with E-state index in [9.17, 15) is 4.79 Å². The quantitative estimate of drug-likeness (QED) is 0.740. The lowest BCUT2D eigenvalue weighted by atomic mass is 9.70. The summed E-state index contributed by atoms with van der Waals surface area (Å²) in [5.74, 6) is -0.346. The smallest absolute Gasteiger partial charge is 0.306 e. The topological polar surface area (TPSA) is 46.5 Å². The maximum Gasteiger partial charge on any atom is 0.306 e. The second-order valence-corrected chi connectivity index (χ2v) is 4.78. The summed E-state index contributed by atoms with van der Waals surface area (Å²) < 4.78 is 5.30. The predicted octanol–water partition coefficient (Wildman–Crippen LogP) is 2.30. The molecule has 0 amide bonds. The van der Waals surface area contributed by atoms with Crippen LogP contribution < -0.4 is 0 Å². The lowest BCUT2D eigenvalue weighted by Gasteiger charge is -2.35. The summed E-state index contributed by atoms with van der Waals surface area (Å²) in [6.07, 6.45) is 3.83. The molecule has 3 heteroatoms. The summed E-state index contributed by atoms with van der Waals surface area (Å²) in [5.41, 5.74) is -0.112. The van der Waals surface area contributed by atoms with Crippen LogP contribution in [0.25, 0.3) is 0 Å². The largest absolute Gasteiger partial charge is 0.481 e. The Morgan fingerprint density at radius 3 is 2.50 bits per heavy atom. The molecule has 0 bridgehead atoms. The van der Waals surface area contributed by atoms with E-state index >= 15 is 0 Å². The van der Waals surface area contributed by atoms with Gasteiger partial charge in [0.25, 0.3) is 0 Å². The average Bonchev–Trinajstić information content (AvgIpc) is 2.01. The van der Waals surface area contributed by atoms with Gasteiger partial charge in [-0.1, -0.05) is 0 Å². The van der Waals surface area contributed by atoms with Crippen LogP contribution in [-0.2, 0) is 9.53 Å². The molecule has 0 aromatic rings. The molecule has 0 aromatic heterocycles. The fourth-order valence-electron chi connectivity index (χ4n) is 1.87. The van der Waals surface area contributed by atoms with E-state index in [1.54, 1.807) is 7.11 Å². The molecule has 2 unspecified atom stereocenters. The van der Waals surface area contributed by atoms with Gasteiger partial charge in [0.2, 0.25) is 0 Å². The number of hydrogen-bond acceptors (Lipinski definition) is 2. The minimum atomic E-state index is -0.628. The molecule has 1 aliphatic rings. The number of carboxylic acid groups (broad SMARTS) is 1. The monoisotopic (exact) mass is 200 g/mol. The minimum Gasteiger partial charge on any atom is -0.481 e. The van der Waals surface area contributed by atoms with Gasteiger partial charge in [0.15, 0.2) is 0 Å². The Hall–Kier alpha value is -0.570. The highest BCUT2D eigenvalue weighted by molar-refractivity contribution is 5.71. The molecule has 82 valence electrons. The number of methoxy groups -OCH3 is 1. The molecule has 1 fully saturated rings. The van der Waals surface area contributed by atoms with Crippen LogP contribution in [0, 0.1) is 11.8 Å². The summed E-state index contributed by atoms with van der Waals surface area (Å²) in [6, 6.07) is 0. The summed E-state index contributed by atoms with van der Waals surface area (Å²) in [7, 11) is 1.70. The number of aliphatic carboxylic acids is 1. The molecule has 2 atom stereocenters. The van der Waals surface area contributed by atoms with E-state index in [0.29, 0.717) is 5.92 Å². The zero-order valence-electron chi connectivity index (χ0n) is 9.25. The predicted molar refractivity (Wildman–Crippen MR) is 54.2 cm³/mol. The molecule has 0 saturated heterocycles. The van der Waals surface area contributed by atoms with Crippen LogP contribution in [0.1, 0.15) is 39.5 Å². The maximum absolute atomic E-state index is 10.8. The van der Waals surface area contributed by atoms with Gasteiger partial charge in [-0.15, -0.1) is 0 Å². The van der Waals surface area contributed by atoms with Gasteiger partial charge < -0.3 is 9.84 Å². The third-order valence-electron chi connectivity index (χ3n) is 3.40. The molecular weight excluding hydrogens is 180 g/mol. The number of hydrogen-bond donors (Lipinski definition) is 1. The van der Waals surface area contributed by atoms with Gasteiger partial charge in [0, 0.05) is 7.11 Å². The van der Waals surface area contributed by atoms with Crippen molar-refractivity contribution in [3.63, 3.8) is 0 Å². The third kappa shape index (κ3) is 2.71.